The Labute approximate surface area is 151 Å². The van der Waals surface area contributed by atoms with Crippen LogP contribution in [0.4, 0.5) is 5.69 Å². The van der Waals surface area contributed by atoms with Crippen LogP contribution in [0.3, 0.4) is 0 Å². The average Bonchev–Trinajstić information content (AvgIpc) is 2.61. The van der Waals surface area contributed by atoms with Gasteiger partial charge >= 0.3 is 5.63 Å². The lowest BCUT2D eigenvalue weighted by molar-refractivity contribution is 0.102. The van der Waals surface area contributed by atoms with Crippen molar-refractivity contribution in [3.05, 3.63) is 87.2 Å². The fourth-order valence-corrected chi connectivity index (χ4v) is 3.16. The highest BCUT2D eigenvalue weighted by molar-refractivity contribution is 9.10. The summed E-state index contributed by atoms with van der Waals surface area (Å²) in [5.41, 5.74) is 0.397. The number of amides is 1. The number of hydrogen-bond donors (Lipinski definition) is 1. The maximum Gasteiger partial charge on any atom is 0.349 e. The van der Waals surface area contributed by atoms with Crippen LogP contribution in [0, 0.1) is 0 Å². The third-order valence-corrected chi connectivity index (χ3v) is 4.46. The van der Waals surface area contributed by atoms with Crippen LogP contribution in [0.25, 0.3) is 21.7 Å². The molecule has 4 rings (SSSR count). The second-order valence-corrected chi connectivity index (χ2v) is 6.53. The zero-order valence-corrected chi connectivity index (χ0v) is 14.5. The Balaban J connectivity index is 1.86. The van der Waals surface area contributed by atoms with E-state index in [2.05, 4.69) is 21.2 Å². The molecule has 0 unspecified atom stereocenters. The number of anilines is 1. The van der Waals surface area contributed by atoms with E-state index in [4.69, 9.17) is 4.42 Å². The van der Waals surface area contributed by atoms with Gasteiger partial charge in [-0.2, -0.15) is 0 Å². The summed E-state index contributed by atoms with van der Waals surface area (Å²) in [4.78, 5) is 24.7. The number of nitrogens with one attached hydrogen (secondary N) is 1. The molecule has 3 aromatic carbocycles. The van der Waals surface area contributed by atoms with E-state index in [1.54, 1.807) is 24.3 Å². The number of para-hydroxylation sites is 1. The molecule has 1 N–H and O–H groups in total. The predicted octanol–water partition coefficient (Wildman–Crippen LogP) is 4.96. The van der Waals surface area contributed by atoms with E-state index in [0.717, 1.165) is 20.6 Å². The number of hydrogen-bond acceptors (Lipinski definition) is 3. The first-order chi connectivity index (χ1) is 12.1. The number of fused-ring (bicyclic) bond motifs is 3. The van der Waals surface area contributed by atoms with Gasteiger partial charge in [0.1, 0.15) is 11.1 Å². The Morgan fingerprint density at radius 2 is 1.72 bits per heavy atom. The van der Waals surface area contributed by atoms with E-state index in [0.29, 0.717) is 11.3 Å². The Bertz CT molecular complexity index is 1170. The molecule has 0 saturated heterocycles. The summed E-state index contributed by atoms with van der Waals surface area (Å²) in [5, 5.41) is 5.35. The highest BCUT2D eigenvalue weighted by atomic mass is 79.9. The molecule has 0 aliphatic heterocycles. The Hall–Kier alpha value is -2.92. The van der Waals surface area contributed by atoms with E-state index in [1.165, 1.54) is 0 Å². The molecule has 0 aliphatic rings. The van der Waals surface area contributed by atoms with Gasteiger partial charge in [-0.15, -0.1) is 0 Å². The minimum Gasteiger partial charge on any atom is -0.422 e. The van der Waals surface area contributed by atoms with Crippen molar-refractivity contribution in [1.82, 2.24) is 0 Å². The fourth-order valence-electron chi connectivity index (χ4n) is 2.78. The van der Waals surface area contributed by atoms with Gasteiger partial charge in [0.2, 0.25) is 0 Å². The highest BCUT2D eigenvalue weighted by Crippen LogP contribution is 2.27. The largest absolute Gasteiger partial charge is 0.422 e. The van der Waals surface area contributed by atoms with Crippen molar-refractivity contribution >= 4 is 49.3 Å². The molecule has 0 saturated carbocycles. The second-order valence-electron chi connectivity index (χ2n) is 5.61. The van der Waals surface area contributed by atoms with Crippen LogP contribution in [-0.2, 0) is 0 Å². The van der Waals surface area contributed by atoms with Crippen molar-refractivity contribution in [3.63, 3.8) is 0 Å². The Morgan fingerprint density at radius 3 is 2.52 bits per heavy atom. The minimum atomic E-state index is -0.655. The summed E-state index contributed by atoms with van der Waals surface area (Å²) in [6, 6.07) is 20.0. The summed E-state index contributed by atoms with van der Waals surface area (Å²) < 4.78 is 6.32. The van der Waals surface area contributed by atoms with Crippen LogP contribution >= 0.6 is 15.9 Å². The maximum atomic E-state index is 12.5. The van der Waals surface area contributed by atoms with Gasteiger partial charge in [-0.25, -0.2) is 4.79 Å². The number of benzene rings is 3. The van der Waals surface area contributed by atoms with Crippen molar-refractivity contribution < 1.29 is 9.21 Å². The first kappa shape index (κ1) is 15.6. The molecule has 1 aromatic heterocycles. The normalized spacial score (nSPS) is 10.9. The van der Waals surface area contributed by atoms with Crippen LogP contribution < -0.4 is 10.9 Å². The summed E-state index contributed by atoms with van der Waals surface area (Å²) in [7, 11) is 0. The lowest BCUT2D eigenvalue weighted by atomic mass is 10.0. The van der Waals surface area contributed by atoms with Gasteiger partial charge in [0.15, 0.2) is 0 Å². The predicted molar refractivity (Wildman–Crippen MR) is 102 cm³/mol. The van der Waals surface area contributed by atoms with Crippen LogP contribution in [0.15, 0.2) is 80.4 Å². The van der Waals surface area contributed by atoms with Gasteiger partial charge in [-0.1, -0.05) is 46.3 Å². The average molecular weight is 394 g/mol. The third-order valence-electron chi connectivity index (χ3n) is 3.97. The van der Waals surface area contributed by atoms with Gasteiger partial charge in [0, 0.05) is 15.5 Å². The number of carbonyl (C=O) groups is 1. The Morgan fingerprint density at radius 1 is 0.920 bits per heavy atom. The van der Waals surface area contributed by atoms with Gasteiger partial charge < -0.3 is 9.73 Å². The van der Waals surface area contributed by atoms with Crippen molar-refractivity contribution in [2.45, 2.75) is 0 Å². The van der Waals surface area contributed by atoms with Crippen molar-refractivity contribution in [1.29, 1.82) is 0 Å². The molecule has 0 radical (unpaired) electrons. The zero-order valence-electron chi connectivity index (χ0n) is 13.0. The number of rotatable bonds is 2. The highest BCUT2D eigenvalue weighted by Gasteiger charge is 2.15. The molecule has 4 nitrogen and oxygen atoms in total. The monoisotopic (exact) mass is 393 g/mol. The molecular formula is C20H12BrNO3. The van der Waals surface area contributed by atoms with Crippen LogP contribution in [-0.4, -0.2) is 5.91 Å². The molecule has 25 heavy (non-hydrogen) atoms. The SMILES string of the molecule is O=C(Nc1ccccc1)c1cc2c(ccc3cc(Br)ccc32)oc1=O. The first-order valence-corrected chi connectivity index (χ1v) is 8.44. The van der Waals surface area contributed by atoms with E-state index < -0.39 is 11.5 Å². The fraction of sp³-hybridized carbons (Fsp3) is 0. The van der Waals surface area contributed by atoms with E-state index in [9.17, 15) is 9.59 Å². The minimum absolute atomic E-state index is 0.0215. The lowest BCUT2D eigenvalue weighted by Gasteiger charge is -2.07. The molecular weight excluding hydrogens is 382 g/mol. The molecule has 1 heterocycles. The summed E-state index contributed by atoms with van der Waals surface area (Å²) in [5.74, 6) is -0.490. The molecule has 5 heteroatoms. The molecule has 0 fully saturated rings. The maximum absolute atomic E-state index is 12.5. The smallest absolute Gasteiger partial charge is 0.349 e. The van der Waals surface area contributed by atoms with Gasteiger partial charge in [0.25, 0.3) is 5.91 Å². The summed E-state index contributed by atoms with van der Waals surface area (Å²) in [6.07, 6.45) is 0. The second kappa shape index (κ2) is 6.18. The van der Waals surface area contributed by atoms with E-state index >= 15 is 0 Å². The van der Waals surface area contributed by atoms with Crippen LogP contribution in [0.2, 0.25) is 0 Å². The summed E-state index contributed by atoms with van der Waals surface area (Å²) >= 11 is 3.45. The lowest BCUT2D eigenvalue weighted by Crippen LogP contribution is -2.20. The molecule has 0 aliphatic carbocycles. The quantitative estimate of drug-likeness (QED) is 0.386. The third kappa shape index (κ3) is 2.94. The molecule has 0 spiro atoms. The number of carbonyl (C=O) groups excluding carboxylic acids is 1. The van der Waals surface area contributed by atoms with Gasteiger partial charge in [0.05, 0.1) is 0 Å². The van der Waals surface area contributed by atoms with Crippen LogP contribution in [0.5, 0.6) is 0 Å². The van der Waals surface area contributed by atoms with Gasteiger partial charge in [-0.3, -0.25) is 4.79 Å². The number of halogens is 1. The van der Waals surface area contributed by atoms with E-state index in [1.807, 2.05) is 42.5 Å². The van der Waals surface area contributed by atoms with Gasteiger partial charge in [-0.05, 0) is 47.2 Å². The molecule has 122 valence electrons. The van der Waals surface area contributed by atoms with Crippen molar-refractivity contribution in [2.24, 2.45) is 0 Å². The van der Waals surface area contributed by atoms with Crippen molar-refractivity contribution in [2.75, 3.05) is 5.32 Å². The Kier molecular flexibility index (Phi) is 3.86. The topological polar surface area (TPSA) is 59.3 Å². The molecule has 0 bridgehead atoms. The summed E-state index contributed by atoms with van der Waals surface area (Å²) in [6.45, 7) is 0. The van der Waals surface area contributed by atoms with Crippen molar-refractivity contribution in [3.8, 4) is 0 Å². The van der Waals surface area contributed by atoms with Crippen LogP contribution in [0.1, 0.15) is 10.4 Å². The molecule has 0 atom stereocenters. The molecule has 1 amide bonds. The standard InChI is InChI=1S/C20H12BrNO3/c21-13-7-8-15-12(10-13)6-9-18-16(15)11-17(20(24)25-18)19(23)22-14-4-2-1-3-5-14/h1-11H,(H,22,23). The zero-order chi connectivity index (χ0) is 17.4. The first-order valence-electron chi connectivity index (χ1n) is 7.64. The molecule has 4 aromatic rings. The van der Waals surface area contributed by atoms with E-state index in [-0.39, 0.29) is 5.56 Å².